The van der Waals surface area contributed by atoms with E-state index in [1.54, 1.807) is 29.2 Å². The number of nitrogens with one attached hydrogen (secondary N) is 1. The predicted molar refractivity (Wildman–Crippen MR) is 210 cm³/mol. The number of carbonyl (C=O) groups is 4. The number of rotatable bonds is 18. The Morgan fingerprint density at radius 3 is 2.52 bits per heavy atom. The molecule has 3 heterocycles. The fourth-order valence-corrected chi connectivity index (χ4v) is 9.45. The molecule has 11 nitrogen and oxygen atoms in total. The van der Waals surface area contributed by atoms with Gasteiger partial charge in [-0.15, -0.1) is 13.2 Å². The summed E-state index contributed by atoms with van der Waals surface area (Å²) in [6.45, 7) is 15.2. The molecule has 3 aliphatic heterocycles. The van der Waals surface area contributed by atoms with Gasteiger partial charge in [-0.25, -0.2) is 0 Å². The molecule has 292 valence electrons. The number of amides is 3. The number of ether oxygens (including phenoxy) is 3. The maximum atomic E-state index is 15.2. The van der Waals surface area contributed by atoms with Gasteiger partial charge < -0.3 is 34.4 Å². The highest BCUT2D eigenvalue weighted by Crippen LogP contribution is 2.61. The van der Waals surface area contributed by atoms with Crippen LogP contribution in [-0.4, -0.2) is 95.2 Å². The van der Waals surface area contributed by atoms with Gasteiger partial charge in [0.15, 0.2) is 0 Å². The number of aryl methyl sites for hydroxylation is 2. The molecule has 12 heteroatoms. The molecule has 5 rings (SSSR count). The molecule has 2 N–H and O–H groups in total. The molecule has 54 heavy (non-hydrogen) atoms. The van der Waals surface area contributed by atoms with Crippen LogP contribution < -0.4 is 10.2 Å². The number of likely N-dealkylation sites (tertiary alicyclic amines) is 1. The number of aliphatic hydroxyl groups is 1. The number of allylic oxidation sites excluding steroid dienone is 1. The summed E-state index contributed by atoms with van der Waals surface area (Å²) in [5.74, 6) is -4.09. The normalized spacial score (nSPS) is 26.4. The maximum absolute atomic E-state index is 15.2. The van der Waals surface area contributed by atoms with Gasteiger partial charge >= 0.3 is 5.97 Å². The standard InChI is InChI=1S/C42H54BrN3O8/c1-8-11-17-33(48)44-30(24-52-7)36(28-15-13-12-14-16-28)53-41(51)34-35-39(49)46(32(23-47)26(5)10-3)38(42(35)22-29(43)37(34)54-42)40(50)45(20-9-2)31-21-25(4)18-19-27(31)6/h8-9,12-16,18-19,21,26,29-30,32,34-38,47H,1-2,10-11,17,20,22-24H2,3-7H3,(H,44,48)/t26-,29?,30-,32-,34-,35+,36-,37-,38-,42+/m0/s1. The molecular weight excluding hydrogens is 754 g/mol. The maximum Gasteiger partial charge on any atom is 0.313 e. The minimum Gasteiger partial charge on any atom is -0.455 e. The average molecular weight is 809 g/mol. The summed E-state index contributed by atoms with van der Waals surface area (Å²) >= 11 is 3.77. The first-order chi connectivity index (χ1) is 25.9. The number of hydrogen-bond donors (Lipinski definition) is 2. The zero-order valence-corrected chi connectivity index (χ0v) is 33.5. The van der Waals surface area contributed by atoms with Crippen molar-refractivity contribution in [3.8, 4) is 0 Å². The van der Waals surface area contributed by atoms with Crippen molar-refractivity contribution in [3.63, 3.8) is 0 Å². The second-order valence-electron chi connectivity index (χ2n) is 14.8. The molecule has 3 saturated heterocycles. The van der Waals surface area contributed by atoms with Crippen LogP contribution in [0.2, 0.25) is 0 Å². The summed E-state index contributed by atoms with van der Waals surface area (Å²) in [6.07, 6.45) is 3.12. The molecule has 10 atom stereocenters. The van der Waals surface area contributed by atoms with E-state index in [-0.39, 0.29) is 55.2 Å². The van der Waals surface area contributed by atoms with Gasteiger partial charge in [0.1, 0.15) is 17.7 Å². The van der Waals surface area contributed by atoms with Gasteiger partial charge in [0, 0.05) is 30.6 Å². The van der Waals surface area contributed by atoms with Crippen molar-refractivity contribution in [1.82, 2.24) is 10.2 Å². The number of halogens is 1. The van der Waals surface area contributed by atoms with Crippen molar-refractivity contribution in [3.05, 3.63) is 90.5 Å². The third kappa shape index (κ3) is 7.80. The van der Waals surface area contributed by atoms with Gasteiger partial charge in [-0.3, -0.25) is 19.2 Å². The molecule has 3 fully saturated rings. The molecule has 0 aromatic heterocycles. The van der Waals surface area contributed by atoms with E-state index in [1.165, 1.54) is 12.0 Å². The second kappa shape index (κ2) is 17.7. The Morgan fingerprint density at radius 2 is 1.89 bits per heavy atom. The van der Waals surface area contributed by atoms with Gasteiger partial charge in [0.25, 0.3) is 5.91 Å². The molecule has 0 aliphatic carbocycles. The first-order valence-corrected chi connectivity index (χ1v) is 19.7. The van der Waals surface area contributed by atoms with Crippen molar-refractivity contribution in [1.29, 1.82) is 0 Å². The van der Waals surface area contributed by atoms with Crippen LogP contribution >= 0.6 is 15.9 Å². The second-order valence-corrected chi connectivity index (χ2v) is 16.0. The van der Waals surface area contributed by atoms with Crippen LogP contribution in [0.3, 0.4) is 0 Å². The lowest BCUT2D eigenvalue weighted by Crippen LogP contribution is -2.60. The average Bonchev–Trinajstić information content (AvgIpc) is 3.76. The third-order valence-electron chi connectivity index (χ3n) is 11.3. The molecule has 0 saturated carbocycles. The van der Waals surface area contributed by atoms with Crippen LogP contribution in [0.25, 0.3) is 0 Å². The number of alkyl halides is 1. The molecule has 1 spiro atoms. The molecule has 2 aromatic carbocycles. The largest absolute Gasteiger partial charge is 0.455 e. The van der Waals surface area contributed by atoms with Crippen LogP contribution in [0.5, 0.6) is 0 Å². The van der Waals surface area contributed by atoms with E-state index < -0.39 is 59.6 Å². The van der Waals surface area contributed by atoms with Crippen LogP contribution in [0.4, 0.5) is 5.69 Å². The quantitative estimate of drug-likeness (QED) is 0.117. The lowest BCUT2D eigenvalue weighted by atomic mass is 9.70. The monoisotopic (exact) mass is 807 g/mol. The lowest BCUT2D eigenvalue weighted by Gasteiger charge is -2.41. The van der Waals surface area contributed by atoms with E-state index in [0.717, 1.165) is 11.1 Å². The van der Waals surface area contributed by atoms with E-state index in [0.29, 0.717) is 24.1 Å². The third-order valence-corrected chi connectivity index (χ3v) is 12.2. The van der Waals surface area contributed by atoms with Crippen molar-refractivity contribution < 1.29 is 38.5 Å². The van der Waals surface area contributed by atoms with Crippen LogP contribution in [0.1, 0.15) is 62.3 Å². The Labute approximate surface area is 327 Å². The van der Waals surface area contributed by atoms with E-state index in [9.17, 15) is 14.7 Å². The predicted octanol–water partition coefficient (Wildman–Crippen LogP) is 5.36. The summed E-state index contributed by atoms with van der Waals surface area (Å²) in [6, 6.07) is 12.3. The SMILES string of the molecule is C=CCCC(=O)N[C@@H](COC)[C@@H](OC(=O)[C@@H]1[C@H]2O[C@@]3(CC2Br)[C@H](C(=O)N(CC=C)c2cc(C)ccc2C)N([C@@H](CO)[C@@H](C)CC)C(=O)[C@@H]13)c1ccccc1. The summed E-state index contributed by atoms with van der Waals surface area (Å²) in [4.78, 5) is 60.7. The number of fused-ring (bicyclic) bond motifs is 1. The highest BCUT2D eigenvalue weighted by molar-refractivity contribution is 9.09. The fourth-order valence-electron chi connectivity index (χ4n) is 8.51. The molecule has 3 aliphatic rings. The number of esters is 1. The van der Waals surface area contributed by atoms with Crippen LogP contribution in [0, 0.1) is 31.6 Å². The summed E-state index contributed by atoms with van der Waals surface area (Å²) in [5, 5.41) is 13.8. The van der Waals surface area contributed by atoms with Crippen molar-refractivity contribution in [2.75, 3.05) is 31.8 Å². The number of methoxy groups -OCH3 is 1. The van der Waals surface area contributed by atoms with E-state index in [1.807, 2.05) is 64.1 Å². The number of nitrogens with zero attached hydrogens (tertiary/aromatic N) is 2. The first kappa shape index (κ1) is 41.3. The smallest absolute Gasteiger partial charge is 0.313 e. The van der Waals surface area contributed by atoms with Gasteiger partial charge in [0.2, 0.25) is 11.8 Å². The molecule has 1 unspecified atom stereocenters. The number of carbonyl (C=O) groups excluding carboxylic acids is 4. The minimum atomic E-state index is -1.40. The van der Waals surface area contributed by atoms with Gasteiger partial charge in [-0.2, -0.15) is 0 Å². The lowest BCUT2D eigenvalue weighted by molar-refractivity contribution is -0.163. The minimum absolute atomic E-state index is 0.0413. The van der Waals surface area contributed by atoms with E-state index >= 15 is 9.59 Å². The number of anilines is 1. The highest BCUT2D eigenvalue weighted by Gasteiger charge is 2.78. The summed E-state index contributed by atoms with van der Waals surface area (Å²) < 4.78 is 18.7. The van der Waals surface area contributed by atoms with Crippen LogP contribution in [-0.2, 0) is 33.4 Å². The number of benzene rings is 2. The van der Waals surface area contributed by atoms with Crippen molar-refractivity contribution in [2.24, 2.45) is 17.8 Å². The van der Waals surface area contributed by atoms with Crippen LogP contribution in [0.15, 0.2) is 73.8 Å². The Kier molecular flexibility index (Phi) is 13.6. The molecular formula is C42H54BrN3O8. The number of hydrogen-bond acceptors (Lipinski definition) is 8. The van der Waals surface area contributed by atoms with Crippen molar-refractivity contribution in [2.45, 2.75) is 94.1 Å². The zero-order valence-electron chi connectivity index (χ0n) is 31.9. The zero-order chi connectivity index (χ0) is 39.3. The summed E-state index contributed by atoms with van der Waals surface area (Å²) in [7, 11) is 1.50. The van der Waals surface area contributed by atoms with E-state index in [2.05, 4.69) is 34.4 Å². The first-order valence-electron chi connectivity index (χ1n) is 18.8. The molecule has 3 amide bonds. The number of aliphatic hydroxyl groups excluding tert-OH is 1. The highest BCUT2D eigenvalue weighted by atomic mass is 79.9. The Balaban J connectivity index is 1.59. The Morgan fingerprint density at radius 1 is 1.17 bits per heavy atom. The van der Waals surface area contributed by atoms with Crippen molar-refractivity contribution >= 4 is 45.3 Å². The Hall–Kier alpha value is -3.84. The Bertz CT molecular complexity index is 1710. The molecule has 2 aromatic rings. The van der Waals surface area contributed by atoms with Gasteiger partial charge in [0.05, 0.1) is 43.2 Å². The topological polar surface area (TPSA) is 135 Å². The van der Waals surface area contributed by atoms with Gasteiger partial charge in [-0.1, -0.05) is 90.8 Å². The van der Waals surface area contributed by atoms with Gasteiger partial charge in [-0.05, 0) is 55.4 Å². The fraction of sp³-hybridized carbons (Fsp3) is 0.524. The molecule has 0 radical (unpaired) electrons. The molecule has 2 bridgehead atoms. The van der Waals surface area contributed by atoms with E-state index in [4.69, 9.17) is 14.2 Å². The summed E-state index contributed by atoms with van der Waals surface area (Å²) in [5.41, 5.74) is 1.73.